The number of hydrogen-bond acceptors (Lipinski definition) is 4. The molecule has 0 aromatic carbocycles. The standard InChI is InChI=1S/C9H18O4S/c1-6(2)8(9(10)13-5)14(11,12)7(3)4/h6-8H,1-5H3. The summed E-state index contributed by atoms with van der Waals surface area (Å²) >= 11 is 0. The Hall–Kier alpha value is -0.580. The summed E-state index contributed by atoms with van der Waals surface area (Å²) in [5.74, 6) is -0.941. The summed E-state index contributed by atoms with van der Waals surface area (Å²) in [5.41, 5.74) is 0. The minimum atomic E-state index is -3.42. The van der Waals surface area contributed by atoms with Crippen LogP contribution in [-0.2, 0) is 19.4 Å². The van der Waals surface area contributed by atoms with E-state index in [1.807, 2.05) is 0 Å². The van der Waals surface area contributed by atoms with Crippen molar-refractivity contribution in [2.75, 3.05) is 7.11 Å². The molecule has 0 N–H and O–H groups in total. The summed E-state index contributed by atoms with van der Waals surface area (Å²) in [5, 5.41) is -1.61. The van der Waals surface area contributed by atoms with Gasteiger partial charge in [0.05, 0.1) is 12.4 Å². The van der Waals surface area contributed by atoms with Gasteiger partial charge in [0.15, 0.2) is 15.1 Å². The van der Waals surface area contributed by atoms with Crippen molar-refractivity contribution in [2.45, 2.75) is 38.2 Å². The lowest BCUT2D eigenvalue weighted by atomic mass is 10.1. The molecule has 0 heterocycles. The molecule has 0 aromatic heterocycles. The average Bonchev–Trinajstić information content (AvgIpc) is 2.02. The molecule has 1 unspecified atom stereocenters. The third-order valence-corrected chi connectivity index (χ3v) is 4.81. The van der Waals surface area contributed by atoms with Gasteiger partial charge >= 0.3 is 5.97 Å². The molecule has 0 spiro atoms. The summed E-state index contributed by atoms with van der Waals surface area (Å²) in [7, 11) is -2.22. The highest BCUT2D eigenvalue weighted by Crippen LogP contribution is 2.18. The average molecular weight is 222 g/mol. The van der Waals surface area contributed by atoms with Gasteiger partial charge in [0.2, 0.25) is 0 Å². The molecule has 0 amide bonds. The van der Waals surface area contributed by atoms with Crippen LogP contribution >= 0.6 is 0 Å². The minimum absolute atomic E-state index is 0.269. The Kier molecular flexibility index (Phi) is 4.58. The van der Waals surface area contributed by atoms with Gasteiger partial charge in [0.1, 0.15) is 0 Å². The molecule has 0 bridgehead atoms. The fraction of sp³-hybridized carbons (Fsp3) is 0.889. The highest BCUT2D eigenvalue weighted by molar-refractivity contribution is 7.93. The van der Waals surface area contributed by atoms with E-state index >= 15 is 0 Å². The molecule has 0 saturated carbocycles. The van der Waals surface area contributed by atoms with Gasteiger partial charge in [-0.05, 0) is 19.8 Å². The van der Waals surface area contributed by atoms with E-state index in [1.54, 1.807) is 27.7 Å². The first kappa shape index (κ1) is 13.4. The zero-order valence-corrected chi connectivity index (χ0v) is 10.1. The van der Waals surface area contributed by atoms with Crippen molar-refractivity contribution in [3.05, 3.63) is 0 Å². The minimum Gasteiger partial charge on any atom is -0.468 e. The van der Waals surface area contributed by atoms with Crippen molar-refractivity contribution in [2.24, 2.45) is 5.92 Å². The normalized spacial score (nSPS) is 14.5. The molecule has 0 aliphatic rings. The molecule has 0 fully saturated rings. The SMILES string of the molecule is COC(=O)C(C(C)C)S(=O)(=O)C(C)C. The fourth-order valence-corrected chi connectivity index (χ4v) is 2.90. The first-order valence-corrected chi connectivity index (χ1v) is 6.16. The van der Waals surface area contributed by atoms with Gasteiger partial charge in [0, 0.05) is 0 Å². The van der Waals surface area contributed by atoms with Gasteiger partial charge in [-0.15, -0.1) is 0 Å². The van der Waals surface area contributed by atoms with Crippen LogP contribution in [0.4, 0.5) is 0 Å². The number of methoxy groups -OCH3 is 1. The Morgan fingerprint density at radius 3 is 1.79 bits per heavy atom. The monoisotopic (exact) mass is 222 g/mol. The Balaban J connectivity index is 5.14. The summed E-state index contributed by atoms with van der Waals surface area (Å²) in [6.45, 7) is 6.52. The Morgan fingerprint density at radius 2 is 1.57 bits per heavy atom. The van der Waals surface area contributed by atoms with E-state index in [4.69, 9.17) is 0 Å². The van der Waals surface area contributed by atoms with Gasteiger partial charge in [-0.1, -0.05) is 13.8 Å². The summed E-state index contributed by atoms with van der Waals surface area (Å²) in [6.07, 6.45) is 0. The number of rotatable bonds is 4. The smallest absolute Gasteiger partial charge is 0.324 e. The van der Waals surface area contributed by atoms with Crippen LogP contribution < -0.4 is 0 Å². The van der Waals surface area contributed by atoms with Crippen molar-refractivity contribution in [1.82, 2.24) is 0 Å². The zero-order valence-electron chi connectivity index (χ0n) is 9.27. The van der Waals surface area contributed by atoms with Crippen LogP contribution in [0.25, 0.3) is 0 Å². The van der Waals surface area contributed by atoms with E-state index < -0.39 is 26.3 Å². The maximum absolute atomic E-state index is 11.8. The number of esters is 1. The van der Waals surface area contributed by atoms with E-state index in [0.29, 0.717) is 0 Å². The molecule has 0 aliphatic heterocycles. The molecular formula is C9H18O4S. The van der Waals surface area contributed by atoms with Crippen molar-refractivity contribution < 1.29 is 17.9 Å². The van der Waals surface area contributed by atoms with Gasteiger partial charge in [-0.2, -0.15) is 0 Å². The molecule has 0 saturated heterocycles. The zero-order chi connectivity index (χ0) is 11.5. The van der Waals surface area contributed by atoms with Crippen molar-refractivity contribution in [3.63, 3.8) is 0 Å². The van der Waals surface area contributed by atoms with Gasteiger partial charge in [0.25, 0.3) is 0 Å². The van der Waals surface area contributed by atoms with Gasteiger partial charge in [-0.3, -0.25) is 4.79 Å². The van der Waals surface area contributed by atoms with Crippen LogP contribution in [-0.4, -0.2) is 32.0 Å². The number of ether oxygens (including phenoxy) is 1. The Labute approximate surface area is 85.6 Å². The third-order valence-electron chi connectivity index (χ3n) is 2.05. The van der Waals surface area contributed by atoms with E-state index in [2.05, 4.69) is 4.74 Å². The molecule has 4 nitrogen and oxygen atoms in total. The molecule has 0 radical (unpaired) electrons. The van der Waals surface area contributed by atoms with E-state index in [9.17, 15) is 13.2 Å². The van der Waals surface area contributed by atoms with Crippen molar-refractivity contribution >= 4 is 15.8 Å². The van der Waals surface area contributed by atoms with Crippen LogP contribution in [0.5, 0.6) is 0 Å². The molecular weight excluding hydrogens is 204 g/mol. The van der Waals surface area contributed by atoms with Crippen LogP contribution in [0.2, 0.25) is 0 Å². The largest absolute Gasteiger partial charge is 0.468 e. The highest BCUT2D eigenvalue weighted by atomic mass is 32.2. The van der Waals surface area contributed by atoms with Crippen LogP contribution in [0.1, 0.15) is 27.7 Å². The van der Waals surface area contributed by atoms with Crippen molar-refractivity contribution in [1.29, 1.82) is 0 Å². The Morgan fingerprint density at radius 1 is 1.14 bits per heavy atom. The molecule has 0 aromatic rings. The molecule has 1 atom stereocenters. The second-order valence-electron chi connectivity index (χ2n) is 3.83. The molecule has 84 valence electrons. The number of sulfone groups is 1. The van der Waals surface area contributed by atoms with Gasteiger partial charge < -0.3 is 4.74 Å². The third kappa shape index (κ3) is 2.70. The molecule has 0 rings (SSSR count). The van der Waals surface area contributed by atoms with Crippen LogP contribution in [0, 0.1) is 5.92 Å². The maximum atomic E-state index is 11.8. The fourth-order valence-electron chi connectivity index (χ4n) is 1.20. The number of hydrogen-bond donors (Lipinski definition) is 0. The highest BCUT2D eigenvalue weighted by Gasteiger charge is 2.38. The second-order valence-corrected chi connectivity index (χ2v) is 6.45. The predicted molar refractivity (Wildman–Crippen MR) is 54.7 cm³/mol. The lowest BCUT2D eigenvalue weighted by Crippen LogP contribution is -2.40. The number of carbonyl (C=O) groups excluding carboxylic acids is 1. The Bertz CT molecular complexity index is 290. The van der Waals surface area contributed by atoms with E-state index in [1.165, 1.54) is 7.11 Å². The topological polar surface area (TPSA) is 60.4 Å². The summed E-state index contributed by atoms with van der Waals surface area (Å²) < 4.78 is 28.0. The molecule has 5 heteroatoms. The first-order valence-electron chi connectivity index (χ1n) is 4.55. The van der Waals surface area contributed by atoms with Crippen LogP contribution in [0.15, 0.2) is 0 Å². The lowest BCUT2D eigenvalue weighted by molar-refractivity contribution is -0.140. The van der Waals surface area contributed by atoms with Gasteiger partial charge in [-0.25, -0.2) is 8.42 Å². The van der Waals surface area contributed by atoms with Crippen LogP contribution in [0.3, 0.4) is 0 Å². The quantitative estimate of drug-likeness (QED) is 0.666. The molecule has 14 heavy (non-hydrogen) atoms. The maximum Gasteiger partial charge on any atom is 0.324 e. The molecule has 0 aliphatic carbocycles. The van der Waals surface area contributed by atoms with E-state index in [-0.39, 0.29) is 5.92 Å². The van der Waals surface area contributed by atoms with E-state index in [0.717, 1.165) is 0 Å². The summed E-state index contributed by atoms with van der Waals surface area (Å²) in [6, 6.07) is 0. The predicted octanol–water partition coefficient (Wildman–Crippen LogP) is 1.01. The lowest BCUT2D eigenvalue weighted by Gasteiger charge is -2.20. The first-order chi connectivity index (χ1) is 6.25. The summed E-state index contributed by atoms with van der Waals surface area (Å²) in [4.78, 5) is 11.3. The van der Waals surface area contributed by atoms with Crippen molar-refractivity contribution in [3.8, 4) is 0 Å². The second kappa shape index (κ2) is 4.77. The number of carbonyl (C=O) groups is 1.